The van der Waals surface area contributed by atoms with Crippen molar-refractivity contribution in [2.45, 2.75) is 58.4 Å². The van der Waals surface area contributed by atoms with Crippen molar-refractivity contribution in [2.75, 3.05) is 0 Å². The molecule has 0 aromatic heterocycles. The van der Waals surface area contributed by atoms with Crippen molar-refractivity contribution in [3.05, 3.63) is 0 Å². The predicted molar refractivity (Wildman–Crippen MR) is 59.1 cm³/mol. The van der Waals surface area contributed by atoms with E-state index in [1.165, 1.54) is 38.5 Å². The maximum absolute atomic E-state index is 5.85. The lowest BCUT2D eigenvalue weighted by Gasteiger charge is -2.52. The first-order chi connectivity index (χ1) is 5.52. The van der Waals surface area contributed by atoms with Gasteiger partial charge in [0.05, 0.1) is 0 Å². The average molecular weight is 204 g/mol. The highest BCUT2D eigenvalue weighted by Crippen LogP contribution is 2.54. The number of hydrogen-bond donors (Lipinski definition) is 1. The number of rotatable bonds is 0. The fourth-order valence-corrected chi connectivity index (χ4v) is 2.92. The molecule has 78 valence electrons. The van der Waals surface area contributed by atoms with E-state index in [9.17, 15) is 0 Å². The fourth-order valence-electron chi connectivity index (χ4n) is 2.92. The van der Waals surface area contributed by atoms with Gasteiger partial charge in [-0.25, -0.2) is 0 Å². The SMILES string of the molecule is CC1(C)CCC2(CC1)CC(N)C2.Cl. The fraction of sp³-hybridized carbons (Fsp3) is 1.00. The van der Waals surface area contributed by atoms with Gasteiger partial charge in [0.2, 0.25) is 0 Å². The summed E-state index contributed by atoms with van der Waals surface area (Å²) in [6.07, 6.45) is 8.33. The van der Waals surface area contributed by atoms with Crippen LogP contribution in [0.15, 0.2) is 0 Å². The predicted octanol–water partition coefficient (Wildman–Crippen LogP) is 3.12. The van der Waals surface area contributed by atoms with Crippen LogP contribution in [0.2, 0.25) is 0 Å². The van der Waals surface area contributed by atoms with E-state index in [4.69, 9.17) is 5.73 Å². The van der Waals surface area contributed by atoms with Crippen LogP contribution in [0.4, 0.5) is 0 Å². The lowest BCUT2D eigenvalue weighted by atomic mass is 9.55. The normalized spacial score (nSPS) is 30.7. The van der Waals surface area contributed by atoms with Crippen molar-refractivity contribution in [1.82, 2.24) is 0 Å². The maximum atomic E-state index is 5.85. The Morgan fingerprint density at radius 1 is 1.00 bits per heavy atom. The van der Waals surface area contributed by atoms with Crippen molar-refractivity contribution < 1.29 is 0 Å². The molecule has 1 spiro atoms. The van der Waals surface area contributed by atoms with Gasteiger partial charge in [0.15, 0.2) is 0 Å². The molecule has 0 aromatic carbocycles. The second-order valence-corrected chi connectivity index (χ2v) is 5.83. The molecular weight excluding hydrogens is 182 g/mol. The zero-order valence-electron chi connectivity index (χ0n) is 8.81. The molecule has 2 rings (SSSR count). The van der Waals surface area contributed by atoms with Crippen LogP contribution in [0, 0.1) is 10.8 Å². The van der Waals surface area contributed by atoms with Gasteiger partial charge < -0.3 is 5.73 Å². The molecule has 0 bridgehead atoms. The quantitative estimate of drug-likeness (QED) is 0.644. The molecular formula is C11H22ClN. The van der Waals surface area contributed by atoms with Gasteiger partial charge in [-0.3, -0.25) is 0 Å². The van der Waals surface area contributed by atoms with Crippen LogP contribution in [-0.4, -0.2) is 6.04 Å². The van der Waals surface area contributed by atoms with Crippen molar-refractivity contribution >= 4 is 12.4 Å². The summed E-state index contributed by atoms with van der Waals surface area (Å²) in [5, 5.41) is 0. The van der Waals surface area contributed by atoms with Crippen LogP contribution in [0.5, 0.6) is 0 Å². The molecule has 0 aliphatic heterocycles. The van der Waals surface area contributed by atoms with Crippen LogP contribution in [0.25, 0.3) is 0 Å². The highest BCUT2D eigenvalue weighted by molar-refractivity contribution is 5.85. The molecule has 0 amide bonds. The first-order valence-electron chi connectivity index (χ1n) is 5.27. The molecule has 0 heterocycles. The Hall–Kier alpha value is 0.250. The van der Waals surface area contributed by atoms with Gasteiger partial charge >= 0.3 is 0 Å². The summed E-state index contributed by atoms with van der Waals surface area (Å²) in [7, 11) is 0. The Morgan fingerprint density at radius 2 is 1.46 bits per heavy atom. The molecule has 2 aliphatic carbocycles. The standard InChI is InChI=1S/C11H21N.ClH/c1-10(2)3-5-11(6-4-10)7-9(12)8-11;/h9H,3-8,12H2,1-2H3;1H. The minimum atomic E-state index is 0. The summed E-state index contributed by atoms with van der Waals surface area (Å²) in [6.45, 7) is 4.80. The van der Waals surface area contributed by atoms with Gasteiger partial charge in [-0.2, -0.15) is 0 Å². The average Bonchev–Trinajstić information content (AvgIpc) is 1.92. The topological polar surface area (TPSA) is 26.0 Å². The largest absolute Gasteiger partial charge is 0.328 e. The van der Waals surface area contributed by atoms with Crippen molar-refractivity contribution in [1.29, 1.82) is 0 Å². The minimum absolute atomic E-state index is 0. The van der Waals surface area contributed by atoms with Crippen LogP contribution in [-0.2, 0) is 0 Å². The molecule has 0 saturated heterocycles. The van der Waals surface area contributed by atoms with Gasteiger partial charge in [-0.1, -0.05) is 13.8 Å². The summed E-state index contributed by atoms with van der Waals surface area (Å²) >= 11 is 0. The third-order valence-electron chi connectivity index (χ3n) is 4.05. The Morgan fingerprint density at radius 3 is 1.85 bits per heavy atom. The van der Waals surface area contributed by atoms with Crippen LogP contribution >= 0.6 is 12.4 Å². The molecule has 0 unspecified atom stereocenters. The molecule has 2 fully saturated rings. The molecule has 13 heavy (non-hydrogen) atoms. The molecule has 2 saturated carbocycles. The molecule has 0 aromatic rings. The van der Waals surface area contributed by atoms with Gasteiger partial charge in [0.1, 0.15) is 0 Å². The monoisotopic (exact) mass is 203 g/mol. The summed E-state index contributed by atoms with van der Waals surface area (Å²) in [5.74, 6) is 0. The highest BCUT2D eigenvalue weighted by Gasteiger charge is 2.45. The molecule has 0 atom stereocenters. The highest BCUT2D eigenvalue weighted by atomic mass is 35.5. The summed E-state index contributed by atoms with van der Waals surface area (Å²) in [6, 6.07) is 0.534. The third-order valence-corrected chi connectivity index (χ3v) is 4.05. The Kier molecular flexibility index (Phi) is 2.99. The van der Waals surface area contributed by atoms with E-state index < -0.39 is 0 Å². The smallest absolute Gasteiger partial charge is 0.00494 e. The van der Waals surface area contributed by atoms with Crippen molar-refractivity contribution in [3.63, 3.8) is 0 Å². The second-order valence-electron chi connectivity index (χ2n) is 5.83. The van der Waals surface area contributed by atoms with Gasteiger partial charge in [-0.05, 0) is 49.4 Å². The van der Waals surface area contributed by atoms with E-state index in [0.717, 1.165) is 0 Å². The molecule has 0 radical (unpaired) electrons. The summed E-state index contributed by atoms with van der Waals surface area (Å²) in [5.41, 5.74) is 7.17. The van der Waals surface area contributed by atoms with Gasteiger partial charge in [0, 0.05) is 6.04 Å². The van der Waals surface area contributed by atoms with E-state index in [-0.39, 0.29) is 12.4 Å². The van der Waals surface area contributed by atoms with Gasteiger partial charge in [-0.15, -0.1) is 12.4 Å². The van der Waals surface area contributed by atoms with E-state index in [0.29, 0.717) is 16.9 Å². The lowest BCUT2D eigenvalue weighted by Crippen LogP contribution is -2.48. The van der Waals surface area contributed by atoms with Crippen molar-refractivity contribution in [3.8, 4) is 0 Å². The molecule has 2 aliphatic rings. The van der Waals surface area contributed by atoms with Crippen LogP contribution < -0.4 is 5.73 Å². The van der Waals surface area contributed by atoms with E-state index in [2.05, 4.69) is 13.8 Å². The first-order valence-corrected chi connectivity index (χ1v) is 5.27. The molecule has 1 nitrogen and oxygen atoms in total. The van der Waals surface area contributed by atoms with Crippen LogP contribution in [0.1, 0.15) is 52.4 Å². The van der Waals surface area contributed by atoms with Crippen LogP contribution in [0.3, 0.4) is 0 Å². The first kappa shape index (κ1) is 11.3. The summed E-state index contributed by atoms with van der Waals surface area (Å²) in [4.78, 5) is 0. The minimum Gasteiger partial charge on any atom is -0.328 e. The zero-order chi connectivity index (χ0) is 8.82. The van der Waals surface area contributed by atoms with E-state index >= 15 is 0 Å². The Balaban J connectivity index is 0.000000845. The number of nitrogens with two attached hydrogens (primary N) is 1. The zero-order valence-corrected chi connectivity index (χ0v) is 9.62. The van der Waals surface area contributed by atoms with E-state index in [1.807, 2.05) is 0 Å². The summed E-state index contributed by atoms with van der Waals surface area (Å²) < 4.78 is 0. The number of hydrogen-bond acceptors (Lipinski definition) is 1. The second kappa shape index (κ2) is 3.43. The lowest BCUT2D eigenvalue weighted by molar-refractivity contribution is 0.0134. The third kappa shape index (κ3) is 2.19. The Bertz CT molecular complexity index is 171. The van der Waals surface area contributed by atoms with E-state index in [1.54, 1.807) is 0 Å². The Labute approximate surface area is 87.9 Å². The molecule has 2 N–H and O–H groups in total. The van der Waals surface area contributed by atoms with Gasteiger partial charge in [0.25, 0.3) is 0 Å². The van der Waals surface area contributed by atoms with Crippen molar-refractivity contribution in [2.24, 2.45) is 16.6 Å². The molecule has 2 heteroatoms. The number of halogens is 1. The maximum Gasteiger partial charge on any atom is 0.00494 e.